The Bertz CT molecular complexity index is 911. The van der Waals surface area contributed by atoms with Gasteiger partial charge in [-0.2, -0.15) is 0 Å². The molecule has 0 saturated carbocycles. The summed E-state index contributed by atoms with van der Waals surface area (Å²) in [5.41, 5.74) is 1.17. The highest BCUT2D eigenvalue weighted by atomic mass is 32.2. The summed E-state index contributed by atoms with van der Waals surface area (Å²) < 4.78 is 5.98. The number of nitrogens with one attached hydrogen (secondary N) is 1. The molecule has 27 heavy (non-hydrogen) atoms. The van der Waals surface area contributed by atoms with E-state index in [-0.39, 0.29) is 17.4 Å². The van der Waals surface area contributed by atoms with E-state index in [1.165, 1.54) is 23.1 Å². The van der Waals surface area contributed by atoms with Gasteiger partial charge in [0.05, 0.1) is 12.4 Å². The highest BCUT2D eigenvalue weighted by Gasteiger charge is 2.12. The van der Waals surface area contributed by atoms with Gasteiger partial charge >= 0.3 is 0 Å². The van der Waals surface area contributed by atoms with Crippen molar-refractivity contribution < 1.29 is 14.3 Å². The molecule has 1 amide bonds. The third-order valence-electron chi connectivity index (χ3n) is 3.48. The monoisotopic (exact) mass is 399 g/mol. The van der Waals surface area contributed by atoms with Crippen molar-refractivity contribution in [1.29, 1.82) is 0 Å². The molecule has 0 saturated heterocycles. The number of thioether (sulfide) groups is 1. The van der Waals surface area contributed by atoms with E-state index in [0.29, 0.717) is 33.0 Å². The molecule has 0 spiro atoms. The predicted octanol–water partition coefficient (Wildman–Crippen LogP) is 4.16. The molecule has 0 aliphatic rings. The van der Waals surface area contributed by atoms with Gasteiger partial charge in [0, 0.05) is 11.1 Å². The Kier molecular flexibility index (Phi) is 6.56. The molecular formula is C19H17N3O3S2. The van der Waals surface area contributed by atoms with Crippen molar-refractivity contribution in [1.82, 2.24) is 10.2 Å². The van der Waals surface area contributed by atoms with Crippen molar-refractivity contribution in [2.75, 3.05) is 17.7 Å². The topological polar surface area (TPSA) is 81.2 Å². The van der Waals surface area contributed by atoms with E-state index >= 15 is 0 Å². The van der Waals surface area contributed by atoms with Crippen LogP contribution in [0.4, 0.5) is 5.13 Å². The zero-order chi connectivity index (χ0) is 19.1. The fourth-order valence-corrected chi connectivity index (χ4v) is 3.83. The molecule has 0 unspecified atom stereocenters. The summed E-state index contributed by atoms with van der Waals surface area (Å²) >= 11 is 2.54. The van der Waals surface area contributed by atoms with Gasteiger partial charge in [-0.25, -0.2) is 0 Å². The maximum atomic E-state index is 12.3. The largest absolute Gasteiger partial charge is 0.494 e. The maximum absolute atomic E-state index is 12.3. The van der Waals surface area contributed by atoms with E-state index in [1.54, 1.807) is 36.4 Å². The first-order valence-electron chi connectivity index (χ1n) is 8.24. The Labute approximate surface area is 165 Å². The van der Waals surface area contributed by atoms with Gasteiger partial charge in [-0.15, -0.1) is 10.2 Å². The summed E-state index contributed by atoms with van der Waals surface area (Å²) in [6, 6.07) is 16.0. The smallest absolute Gasteiger partial charge is 0.257 e. The molecule has 8 heteroatoms. The standard InChI is InChI=1S/C19H17N3O3S2/c1-2-25-15-10-8-14(9-11-15)17(24)20-18-21-22-19(27-18)26-12-16(23)13-6-4-3-5-7-13/h3-11H,2,12H2,1H3,(H,20,21,24). The zero-order valence-electron chi connectivity index (χ0n) is 14.5. The molecule has 0 aliphatic carbocycles. The summed E-state index contributed by atoms with van der Waals surface area (Å²) in [5, 5.41) is 11.1. The van der Waals surface area contributed by atoms with E-state index in [4.69, 9.17) is 4.74 Å². The van der Waals surface area contributed by atoms with E-state index in [1.807, 2.05) is 25.1 Å². The summed E-state index contributed by atoms with van der Waals surface area (Å²) in [7, 11) is 0. The molecule has 6 nitrogen and oxygen atoms in total. The van der Waals surface area contributed by atoms with Crippen LogP contribution in [-0.2, 0) is 0 Å². The Morgan fingerprint density at radius 3 is 2.48 bits per heavy atom. The average Bonchev–Trinajstić information content (AvgIpc) is 3.15. The van der Waals surface area contributed by atoms with Crippen LogP contribution in [0.3, 0.4) is 0 Å². The zero-order valence-corrected chi connectivity index (χ0v) is 16.2. The lowest BCUT2D eigenvalue weighted by atomic mass is 10.2. The van der Waals surface area contributed by atoms with Crippen molar-refractivity contribution in [3.8, 4) is 5.75 Å². The number of anilines is 1. The summed E-state index contributed by atoms with van der Waals surface area (Å²) in [4.78, 5) is 24.4. The van der Waals surface area contributed by atoms with Crippen LogP contribution in [0, 0.1) is 0 Å². The molecule has 0 atom stereocenters. The summed E-state index contributed by atoms with van der Waals surface area (Å²) in [5.74, 6) is 0.736. The van der Waals surface area contributed by atoms with Gasteiger partial charge in [0.15, 0.2) is 10.1 Å². The van der Waals surface area contributed by atoms with Gasteiger partial charge in [0.25, 0.3) is 5.91 Å². The van der Waals surface area contributed by atoms with E-state index in [0.717, 1.165) is 0 Å². The number of benzene rings is 2. The van der Waals surface area contributed by atoms with Crippen molar-refractivity contribution >= 4 is 39.9 Å². The van der Waals surface area contributed by atoms with Crippen LogP contribution >= 0.6 is 23.1 Å². The highest BCUT2D eigenvalue weighted by Crippen LogP contribution is 2.26. The number of ketones is 1. The molecule has 1 heterocycles. The van der Waals surface area contributed by atoms with Crippen molar-refractivity contribution in [2.24, 2.45) is 0 Å². The van der Waals surface area contributed by atoms with Gasteiger partial charge in [-0.05, 0) is 31.2 Å². The van der Waals surface area contributed by atoms with Crippen LogP contribution in [0.15, 0.2) is 58.9 Å². The number of ether oxygens (including phenoxy) is 1. The quantitative estimate of drug-likeness (QED) is 0.348. The number of rotatable bonds is 8. The normalized spacial score (nSPS) is 10.4. The number of amides is 1. The molecule has 1 aromatic heterocycles. The minimum absolute atomic E-state index is 0.0239. The first kappa shape index (κ1) is 19.1. The Balaban J connectivity index is 1.54. The molecule has 0 bridgehead atoms. The second-order valence-electron chi connectivity index (χ2n) is 5.36. The minimum Gasteiger partial charge on any atom is -0.494 e. The lowest BCUT2D eigenvalue weighted by Gasteiger charge is -2.04. The summed E-state index contributed by atoms with van der Waals surface area (Å²) in [6.07, 6.45) is 0. The molecule has 3 aromatic rings. The van der Waals surface area contributed by atoms with Gasteiger partial charge in [-0.1, -0.05) is 53.4 Å². The molecule has 3 rings (SSSR count). The molecule has 2 aromatic carbocycles. The van der Waals surface area contributed by atoms with Gasteiger partial charge < -0.3 is 4.74 Å². The van der Waals surface area contributed by atoms with Crippen LogP contribution in [-0.4, -0.2) is 34.2 Å². The molecule has 138 valence electrons. The van der Waals surface area contributed by atoms with Gasteiger partial charge in [0.1, 0.15) is 5.75 Å². The van der Waals surface area contributed by atoms with Crippen molar-refractivity contribution in [3.63, 3.8) is 0 Å². The minimum atomic E-state index is -0.272. The fourth-order valence-electron chi connectivity index (χ4n) is 2.19. The van der Waals surface area contributed by atoms with Crippen molar-refractivity contribution in [3.05, 3.63) is 65.7 Å². The lowest BCUT2D eigenvalue weighted by Crippen LogP contribution is -2.11. The van der Waals surface area contributed by atoms with E-state index in [9.17, 15) is 9.59 Å². The fraction of sp³-hybridized carbons (Fsp3) is 0.158. The number of hydrogen-bond acceptors (Lipinski definition) is 7. The predicted molar refractivity (Wildman–Crippen MR) is 107 cm³/mol. The Morgan fingerprint density at radius 2 is 1.78 bits per heavy atom. The number of nitrogens with zero attached hydrogens (tertiary/aromatic N) is 2. The number of Topliss-reactive ketones (excluding diaryl/α,β-unsaturated/α-hetero) is 1. The second kappa shape index (κ2) is 9.29. The molecule has 1 N–H and O–H groups in total. The van der Waals surface area contributed by atoms with Crippen LogP contribution in [0.25, 0.3) is 0 Å². The third-order valence-corrected chi connectivity index (χ3v) is 5.45. The third kappa shape index (κ3) is 5.38. The number of carbonyl (C=O) groups is 2. The first-order chi connectivity index (χ1) is 13.2. The van der Waals surface area contributed by atoms with Crippen LogP contribution < -0.4 is 10.1 Å². The summed E-state index contributed by atoms with van der Waals surface area (Å²) in [6.45, 7) is 2.47. The number of carbonyl (C=O) groups excluding carboxylic acids is 2. The highest BCUT2D eigenvalue weighted by molar-refractivity contribution is 8.01. The number of hydrogen-bond donors (Lipinski definition) is 1. The maximum Gasteiger partial charge on any atom is 0.257 e. The van der Waals surface area contributed by atoms with Gasteiger partial charge in [0.2, 0.25) is 5.13 Å². The SMILES string of the molecule is CCOc1ccc(C(=O)Nc2nnc(SCC(=O)c3ccccc3)s2)cc1. The molecular weight excluding hydrogens is 382 g/mol. The average molecular weight is 399 g/mol. The molecule has 0 radical (unpaired) electrons. The first-order valence-corrected chi connectivity index (χ1v) is 10.0. The Hall–Kier alpha value is -2.71. The second-order valence-corrected chi connectivity index (χ2v) is 7.56. The van der Waals surface area contributed by atoms with Crippen molar-refractivity contribution in [2.45, 2.75) is 11.3 Å². The number of aromatic nitrogens is 2. The van der Waals surface area contributed by atoms with E-state index in [2.05, 4.69) is 15.5 Å². The van der Waals surface area contributed by atoms with Crippen LogP contribution in [0.5, 0.6) is 5.75 Å². The van der Waals surface area contributed by atoms with E-state index < -0.39 is 0 Å². The molecule has 0 fully saturated rings. The molecule has 0 aliphatic heterocycles. The Morgan fingerprint density at radius 1 is 1.04 bits per heavy atom. The lowest BCUT2D eigenvalue weighted by molar-refractivity contribution is 0.101. The van der Waals surface area contributed by atoms with Crippen LogP contribution in [0.1, 0.15) is 27.6 Å². The van der Waals surface area contributed by atoms with Crippen LogP contribution in [0.2, 0.25) is 0 Å². The van der Waals surface area contributed by atoms with Gasteiger partial charge in [-0.3, -0.25) is 14.9 Å².